The molecule has 1 aromatic carbocycles. The number of hydrogen-bond acceptors (Lipinski definition) is 5. The molecule has 20 heavy (non-hydrogen) atoms. The number of nitro groups is 1. The molecular weight excluding hydrogens is 256 g/mol. The lowest BCUT2D eigenvalue weighted by Gasteiger charge is -2.29. The molecule has 0 bridgehead atoms. The van der Waals surface area contributed by atoms with Crippen molar-refractivity contribution in [1.29, 1.82) is 5.26 Å². The number of rotatable bonds is 4. The van der Waals surface area contributed by atoms with E-state index in [0.717, 1.165) is 32.5 Å². The fraction of sp³-hybridized carbons (Fsp3) is 0.500. The molecule has 0 unspecified atom stereocenters. The molecule has 0 spiro atoms. The van der Waals surface area contributed by atoms with Crippen LogP contribution in [0.3, 0.4) is 0 Å². The zero-order valence-electron chi connectivity index (χ0n) is 11.5. The zero-order chi connectivity index (χ0) is 14.5. The Balaban J connectivity index is 1.98. The number of nitrogens with one attached hydrogen (secondary N) is 1. The maximum atomic E-state index is 10.9. The van der Waals surface area contributed by atoms with Gasteiger partial charge in [0.2, 0.25) is 0 Å². The largest absolute Gasteiger partial charge is 0.385 e. The van der Waals surface area contributed by atoms with E-state index in [1.54, 1.807) is 6.07 Å². The predicted molar refractivity (Wildman–Crippen MR) is 76.5 cm³/mol. The highest BCUT2D eigenvalue weighted by molar-refractivity contribution is 5.59. The summed E-state index contributed by atoms with van der Waals surface area (Å²) in [4.78, 5) is 12.7. The molecule has 1 saturated heterocycles. The van der Waals surface area contributed by atoms with Crippen LogP contribution in [0.5, 0.6) is 0 Å². The summed E-state index contributed by atoms with van der Waals surface area (Å²) in [7, 11) is 2.12. The van der Waals surface area contributed by atoms with Crippen molar-refractivity contribution >= 4 is 11.4 Å². The maximum absolute atomic E-state index is 10.9. The van der Waals surface area contributed by atoms with Crippen LogP contribution in [0.15, 0.2) is 18.2 Å². The summed E-state index contributed by atoms with van der Waals surface area (Å²) < 4.78 is 0. The second kappa shape index (κ2) is 6.35. The molecule has 1 aliphatic heterocycles. The second-order valence-electron chi connectivity index (χ2n) is 5.23. The molecular formula is C14H18N4O2. The van der Waals surface area contributed by atoms with Crippen LogP contribution in [0, 0.1) is 27.4 Å². The lowest BCUT2D eigenvalue weighted by atomic mass is 9.97. The van der Waals surface area contributed by atoms with Crippen LogP contribution in [-0.2, 0) is 0 Å². The Bertz CT molecular complexity index is 530. The van der Waals surface area contributed by atoms with E-state index in [4.69, 9.17) is 5.26 Å². The number of likely N-dealkylation sites (tertiary alicyclic amines) is 1. The van der Waals surface area contributed by atoms with Crippen molar-refractivity contribution in [2.45, 2.75) is 12.8 Å². The summed E-state index contributed by atoms with van der Waals surface area (Å²) in [5.41, 5.74) is 0.662. The van der Waals surface area contributed by atoms with Gasteiger partial charge in [0.1, 0.15) is 11.6 Å². The van der Waals surface area contributed by atoms with Gasteiger partial charge in [0.15, 0.2) is 0 Å². The van der Waals surface area contributed by atoms with E-state index in [1.165, 1.54) is 12.1 Å². The van der Waals surface area contributed by atoms with Crippen LogP contribution in [0.2, 0.25) is 0 Å². The van der Waals surface area contributed by atoms with Crippen molar-refractivity contribution in [1.82, 2.24) is 4.90 Å². The van der Waals surface area contributed by atoms with Gasteiger partial charge in [-0.2, -0.15) is 5.26 Å². The number of anilines is 1. The van der Waals surface area contributed by atoms with Gasteiger partial charge in [0.05, 0.1) is 4.92 Å². The number of nitrogens with zero attached hydrogens (tertiary/aromatic N) is 3. The van der Waals surface area contributed by atoms with E-state index >= 15 is 0 Å². The smallest absolute Gasteiger partial charge is 0.289 e. The molecule has 1 aromatic rings. The first-order chi connectivity index (χ1) is 9.60. The third kappa shape index (κ3) is 3.45. The van der Waals surface area contributed by atoms with Crippen molar-refractivity contribution in [2.24, 2.45) is 5.92 Å². The Kier molecular flexibility index (Phi) is 4.53. The number of hydrogen-bond donors (Lipinski definition) is 1. The third-order valence-corrected chi connectivity index (χ3v) is 3.75. The van der Waals surface area contributed by atoms with Crippen LogP contribution in [-0.4, -0.2) is 36.5 Å². The highest BCUT2D eigenvalue weighted by Gasteiger charge is 2.17. The van der Waals surface area contributed by atoms with Crippen molar-refractivity contribution in [2.75, 3.05) is 32.0 Å². The van der Waals surface area contributed by atoms with Gasteiger partial charge in [-0.25, -0.2) is 0 Å². The Morgan fingerprint density at radius 2 is 2.20 bits per heavy atom. The topological polar surface area (TPSA) is 82.2 Å². The van der Waals surface area contributed by atoms with E-state index in [1.807, 2.05) is 6.07 Å². The minimum absolute atomic E-state index is 0.0971. The van der Waals surface area contributed by atoms with E-state index in [9.17, 15) is 10.1 Å². The summed E-state index contributed by atoms with van der Waals surface area (Å²) in [5.74, 6) is 0.598. The Hall–Kier alpha value is -2.13. The van der Waals surface area contributed by atoms with Crippen LogP contribution in [0.1, 0.15) is 18.4 Å². The van der Waals surface area contributed by atoms with E-state index in [2.05, 4.69) is 17.3 Å². The quantitative estimate of drug-likeness (QED) is 0.672. The number of benzene rings is 1. The van der Waals surface area contributed by atoms with Gasteiger partial charge in [0, 0.05) is 18.3 Å². The van der Waals surface area contributed by atoms with Crippen molar-refractivity contribution < 1.29 is 4.92 Å². The molecule has 6 heteroatoms. The summed E-state index contributed by atoms with van der Waals surface area (Å²) in [5, 5.41) is 23.0. The predicted octanol–water partition coefficient (Wildman–Crippen LogP) is 2.22. The normalized spacial score (nSPS) is 16.6. The molecule has 1 N–H and O–H groups in total. The zero-order valence-corrected chi connectivity index (χ0v) is 11.5. The van der Waals surface area contributed by atoms with E-state index < -0.39 is 4.92 Å². The number of nitriles is 1. The van der Waals surface area contributed by atoms with Gasteiger partial charge in [0.25, 0.3) is 5.69 Å². The Labute approximate surface area is 118 Å². The average Bonchev–Trinajstić information content (AvgIpc) is 2.46. The molecule has 0 amide bonds. The lowest BCUT2D eigenvalue weighted by Crippen LogP contribution is -2.32. The highest BCUT2D eigenvalue weighted by Crippen LogP contribution is 2.23. The van der Waals surface area contributed by atoms with Gasteiger partial charge < -0.3 is 10.2 Å². The first-order valence-electron chi connectivity index (χ1n) is 6.71. The average molecular weight is 274 g/mol. The Morgan fingerprint density at radius 3 is 2.80 bits per heavy atom. The fourth-order valence-corrected chi connectivity index (χ4v) is 2.42. The van der Waals surface area contributed by atoms with Crippen molar-refractivity contribution in [3.05, 3.63) is 33.9 Å². The van der Waals surface area contributed by atoms with Gasteiger partial charge in [-0.3, -0.25) is 10.1 Å². The fourth-order valence-electron chi connectivity index (χ4n) is 2.42. The standard InChI is InChI=1S/C14H18N4O2/c1-17-6-4-11(5-7-17)10-16-13-3-2-12(9-15)14(8-13)18(19)20/h2-3,8,11,16H,4-7,10H2,1H3. The van der Waals surface area contributed by atoms with E-state index in [0.29, 0.717) is 11.6 Å². The first-order valence-corrected chi connectivity index (χ1v) is 6.71. The minimum atomic E-state index is -0.515. The molecule has 0 saturated carbocycles. The summed E-state index contributed by atoms with van der Waals surface area (Å²) >= 11 is 0. The molecule has 1 heterocycles. The molecule has 1 fully saturated rings. The lowest BCUT2D eigenvalue weighted by molar-refractivity contribution is -0.385. The highest BCUT2D eigenvalue weighted by atomic mass is 16.6. The molecule has 1 aliphatic rings. The van der Waals surface area contributed by atoms with Gasteiger partial charge in [-0.05, 0) is 51.0 Å². The molecule has 106 valence electrons. The van der Waals surface area contributed by atoms with Gasteiger partial charge in [-0.1, -0.05) is 0 Å². The monoisotopic (exact) mass is 274 g/mol. The number of nitro benzene ring substituents is 1. The molecule has 0 radical (unpaired) electrons. The SMILES string of the molecule is CN1CCC(CNc2ccc(C#N)c([N+](=O)[O-])c2)CC1. The van der Waals surface area contributed by atoms with E-state index in [-0.39, 0.29) is 11.3 Å². The van der Waals surface area contributed by atoms with Crippen LogP contribution in [0.25, 0.3) is 0 Å². The second-order valence-corrected chi connectivity index (χ2v) is 5.23. The first kappa shape index (κ1) is 14.3. The third-order valence-electron chi connectivity index (χ3n) is 3.75. The molecule has 2 rings (SSSR count). The van der Waals surface area contributed by atoms with Crippen LogP contribution >= 0.6 is 0 Å². The number of piperidine rings is 1. The summed E-state index contributed by atoms with van der Waals surface area (Å²) in [6.45, 7) is 3.01. The van der Waals surface area contributed by atoms with Crippen LogP contribution in [0.4, 0.5) is 11.4 Å². The molecule has 0 aromatic heterocycles. The van der Waals surface area contributed by atoms with Gasteiger partial charge >= 0.3 is 0 Å². The summed E-state index contributed by atoms with van der Waals surface area (Å²) in [6, 6.07) is 6.50. The molecule has 0 atom stereocenters. The molecule has 6 nitrogen and oxygen atoms in total. The minimum Gasteiger partial charge on any atom is -0.385 e. The Morgan fingerprint density at radius 1 is 1.50 bits per heavy atom. The summed E-state index contributed by atoms with van der Waals surface area (Å²) in [6.07, 6.45) is 2.28. The maximum Gasteiger partial charge on any atom is 0.289 e. The van der Waals surface area contributed by atoms with Gasteiger partial charge in [-0.15, -0.1) is 0 Å². The molecule has 0 aliphatic carbocycles. The van der Waals surface area contributed by atoms with Crippen molar-refractivity contribution in [3.8, 4) is 6.07 Å². The van der Waals surface area contributed by atoms with Crippen LogP contribution < -0.4 is 5.32 Å². The van der Waals surface area contributed by atoms with Crippen molar-refractivity contribution in [3.63, 3.8) is 0 Å².